The molecule has 0 radical (unpaired) electrons. The fraction of sp³-hybridized carbons (Fsp3) is 0.944. The highest BCUT2D eigenvalue weighted by molar-refractivity contribution is 5.78. The summed E-state index contributed by atoms with van der Waals surface area (Å²) < 4.78 is 0. The van der Waals surface area contributed by atoms with Crippen LogP contribution in [0.5, 0.6) is 0 Å². The molecule has 0 aromatic rings. The lowest BCUT2D eigenvalue weighted by Crippen LogP contribution is -2.50. The fourth-order valence-corrected chi connectivity index (χ4v) is 4.11. The van der Waals surface area contributed by atoms with Crippen LogP contribution in [-0.2, 0) is 4.79 Å². The van der Waals surface area contributed by atoms with Crippen molar-refractivity contribution < 1.29 is 4.79 Å². The number of likely N-dealkylation sites (tertiary alicyclic amines) is 2. The van der Waals surface area contributed by atoms with Crippen molar-refractivity contribution in [1.29, 1.82) is 0 Å². The van der Waals surface area contributed by atoms with Gasteiger partial charge in [-0.25, -0.2) is 0 Å². The van der Waals surface area contributed by atoms with Gasteiger partial charge in [-0.3, -0.25) is 9.69 Å². The van der Waals surface area contributed by atoms with Gasteiger partial charge in [0.15, 0.2) is 0 Å². The predicted molar refractivity (Wildman–Crippen MR) is 89.7 cm³/mol. The fourth-order valence-electron chi connectivity index (χ4n) is 4.11. The largest absolute Gasteiger partial charge is 0.341 e. The van der Waals surface area contributed by atoms with E-state index in [-0.39, 0.29) is 0 Å². The quantitative estimate of drug-likeness (QED) is 0.843. The number of carbonyl (C=O) groups excluding carboxylic acids is 1. The molecular weight excluding hydrogens is 274 g/mol. The second kappa shape index (κ2) is 7.31. The Morgan fingerprint density at radius 2 is 1.68 bits per heavy atom. The van der Waals surface area contributed by atoms with Gasteiger partial charge in [0.05, 0.1) is 6.54 Å². The highest BCUT2D eigenvalue weighted by Crippen LogP contribution is 2.28. The minimum atomic E-state index is 0.350. The second-order valence-electron chi connectivity index (χ2n) is 8.15. The zero-order valence-corrected chi connectivity index (χ0v) is 14.4. The molecule has 126 valence electrons. The van der Waals surface area contributed by atoms with Crippen LogP contribution >= 0.6 is 0 Å². The molecule has 2 saturated heterocycles. The Labute approximate surface area is 135 Å². The van der Waals surface area contributed by atoms with Crippen LogP contribution < -0.4 is 5.32 Å². The van der Waals surface area contributed by atoms with E-state index in [1.807, 2.05) is 0 Å². The van der Waals surface area contributed by atoms with Crippen molar-refractivity contribution in [2.24, 2.45) is 17.8 Å². The summed E-state index contributed by atoms with van der Waals surface area (Å²) in [6.45, 7) is 10.5. The molecule has 0 aromatic carbocycles. The molecule has 2 atom stereocenters. The van der Waals surface area contributed by atoms with Gasteiger partial charge in [-0.1, -0.05) is 13.8 Å². The Morgan fingerprint density at radius 1 is 1.05 bits per heavy atom. The van der Waals surface area contributed by atoms with Crippen LogP contribution in [0.25, 0.3) is 0 Å². The number of amides is 1. The monoisotopic (exact) mass is 307 g/mol. The molecule has 0 aromatic heterocycles. The highest BCUT2D eigenvalue weighted by Gasteiger charge is 2.28. The van der Waals surface area contributed by atoms with Crippen molar-refractivity contribution in [2.75, 3.05) is 39.3 Å². The lowest BCUT2D eigenvalue weighted by molar-refractivity contribution is -0.135. The zero-order chi connectivity index (χ0) is 15.5. The maximum Gasteiger partial charge on any atom is 0.236 e. The van der Waals surface area contributed by atoms with Gasteiger partial charge in [0.1, 0.15) is 0 Å². The molecule has 1 amide bonds. The van der Waals surface area contributed by atoms with Gasteiger partial charge in [0.2, 0.25) is 5.91 Å². The van der Waals surface area contributed by atoms with Gasteiger partial charge >= 0.3 is 0 Å². The molecule has 2 heterocycles. The molecule has 3 rings (SSSR count). The van der Waals surface area contributed by atoms with Crippen LogP contribution in [0.15, 0.2) is 0 Å². The van der Waals surface area contributed by atoms with Crippen molar-refractivity contribution in [2.45, 2.75) is 52.0 Å². The van der Waals surface area contributed by atoms with Crippen LogP contribution in [0, 0.1) is 17.8 Å². The van der Waals surface area contributed by atoms with E-state index in [9.17, 15) is 4.79 Å². The summed E-state index contributed by atoms with van der Waals surface area (Å²) >= 11 is 0. The Morgan fingerprint density at radius 3 is 2.27 bits per heavy atom. The zero-order valence-electron chi connectivity index (χ0n) is 14.4. The van der Waals surface area contributed by atoms with Crippen molar-refractivity contribution in [1.82, 2.24) is 15.1 Å². The number of rotatable bonds is 5. The molecule has 0 bridgehead atoms. The summed E-state index contributed by atoms with van der Waals surface area (Å²) in [5.74, 6) is 2.63. The summed E-state index contributed by atoms with van der Waals surface area (Å²) in [5.41, 5.74) is 0. The van der Waals surface area contributed by atoms with E-state index in [4.69, 9.17) is 0 Å². The first-order chi connectivity index (χ1) is 10.6. The van der Waals surface area contributed by atoms with Gasteiger partial charge in [-0.15, -0.1) is 0 Å². The molecule has 4 nitrogen and oxygen atoms in total. The lowest BCUT2D eigenvalue weighted by atomic mass is 9.92. The number of nitrogens with one attached hydrogen (secondary N) is 1. The van der Waals surface area contributed by atoms with E-state index in [1.54, 1.807) is 0 Å². The van der Waals surface area contributed by atoms with Crippen LogP contribution in [0.3, 0.4) is 0 Å². The molecule has 3 aliphatic rings. The lowest BCUT2D eigenvalue weighted by Gasteiger charge is -2.37. The van der Waals surface area contributed by atoms with E-state index in [0.29, 0.717) is 30.3 Å². The molecule has 4 heteroatoms. The minimum absolute atomic E-state index is 0.350. The summed E-state index contributed by atoms with van der Waals surface area (Å²) in [5, 5.41) is 3.71. The molecule has 2 aliphatic heterocycles. The topological polar surface area (TPSA) is 35.6 Å². The maximum atomic E-state index is 12.5. The standard InChI is InChI=1S/C18H33N3O/c1-14-9-15(2)12-21(11-14)18(22)13-20-7-5-17(6-8-20)19-10-16-3-4-16/h14-17,19H,3-13H2,1-2H3. The van der Waals surface area contributed by atoms with Crippen LogP contribution in [0.4, 0.5) is 0 Å². The van der Waals surface area contributed by atoms with Gasteiger partial charge in [-0.2, -0.15) is 0 Å². The minimum Gasteiger partial charge on any atom is -0.341 e. The Kier molecular flexibility index (Phi) is 5.40. The third-order valence-corrected chi connectivity index (χ3v) is 5.56. The molecule has 22 heavy (non-hydrogen) atoms. The van der Waals surface area contributed by atoms with Crippen LogP contribution in [0.1, 0.15) is 46.0 Å². The molecule has 1 aliphatic carbocycles. The molecule has 2 unspecified atom stereocenters. The number of hydrogen-bond donors (Lipinski definition) is 1. The van der Waals surface area contributed by atoms with Crippen molar-refractivity contribution >= 4 is 5.91 Å². The number of carbonyl (C=O) groups is 1. The van der Waals surface area contributed by atoms with Crippen LogP contribution in [0.2, 0.25) is 0 Å². The summed E-state index contributed by atoms with van der Waals surface area (Å²) in [6, 6.07) is 0.682. The van der Waals surface area contributed by atoms with Gasteiger partial charge in [0, 0.05) is 32.2 Å². The van der Waals surface area contributed by atoms with Crippen molar-refractivity contribution in [3.05, 3.63) is 0 Å². The van der Waals surface area contributed by atoms with Gasteiger partial charge < -0.3 is 10.2 Å². The number of hydrogen-bond acceptors (Lipinski definition) is 3. The molecular formula is C18H33N3O. The first-order valence-electron chi connectivity index (χ1n) is 9.33. The van der Waals surface area contributed by atoms with Crippen LogP contribution in [-0.4, -0.2) is 61.0 Å². The summed E-state index contributed by atoms with van der Waals surface area (Å²) in [6.07, 6.45) is 6.52. The van der Waals surface area contributed by atoms with Crippen molar-refractivity contribution in [3.63, 3.8) is 0 Å². The number of piperidine rings is 2. The maximum absolute atomic E-state index is 12.5. The highest BCUT2D eigenvalue weighted by atomic mass is 16.2. The Bertz CT molecular complexity index is 365. The summed E-state index contributed by atoms with van der Waals surface area (Å²) in [7, 11) is 0. The normalized spacial score (nSPS) is 31.5. The Balaban J connectivity index is 1.37. The first kappa shape index (κ1) is 16.3. The molecule has 3 fully saturated rings. The second-order valence-corrected chi connectivity index (χ2v) is 8.15. The van der Waals surface area contributed by atoms with E-state index in [2.05, 4.69) is 29.0 Å². The van der Waals surface area contributed by atoms with Crippen molar-refractivity contribution in [3.8, 4) is 0 Å². The molecule has 1 N–H and O–H groups in total. The van der Waals surface area contributed by atoms with Gasteiger partial charge in [0.25, 0.3) is 0 Å². The molecule has 0 spiro atoms. The predicted octanol–water partition coefficient (Wildman–Crippen LogP) is 1.95. The first-order valence-corrected chi connectivity index (χ1v) is 9.33. The third kappa shape index (κ3) is 4.69. The van der Waals surface area contributed by atoms with E-state index in [0.717, 1.165) is 32.1 Å². The van der Waals surface area contributed by atoms with E-state index < -0.39 is 0 Å². The number of nitrogens with zero attached hydrogens (tertiary/aromatic N) is 2. The Hall–Kier alpha value is -0.610. The average molecular weight is 307 g/mol. The SMILES string of the molecule is CC1CC(C)CN(C(=O)CN2CCC(NCC3CC3)CC2)C1. The van der Waals surface area contributed by atoms with E-state index in [1.165, 1.54) is 38.6 Å². The average Bonchev–Trinajstić information content (AvgIpc) is 3.30. The molecule has 1 saturated carbocycles. The van der Waals surface area contributed by atoms with E-state index >= 15 is 0 Å². The smallest absolute Gasteiger partial charge is 0.236 e. The van der Waals surface area contributed by atoms with Gasteiger partial charge in [-0.05, 0) is 56.4 Å². The summed E-state index contributed by atoms with van der Waals surface area (Å²) in [4.78, 5) is 17.0. The third-order valence-electron chi connectivity index (χ3n) is 5.56.